The highest BCUT2D eigenvalue weighted by molar-refractivity contribution is 6.05. The predicted molar refractivity (Wildman–Crippen MR) is 115 cm³/mol. The fourth-order valence-electron chi connectivity index (χ4n) is 3.46. The molecule has 4 aromatic rings. The minimum Gasteiger partial charge on any atom is -0.326 e. The first-order valence-electron chi connectivity index (χ1n) is 9.41. The summed E-state index contributed by atoms with van der Waals surface area (Å²) in [6.45, 7) is 2.05. The third-order valence-electron chi connectivity index (χ3n) is 4.96. The Balaban J connectivity index is 1.43. The molecule has 138 valence electrons. The first kappa shape index (κ1) is 17.9. The van der Waals surface area contributed by atoms with Crippen molar-refractivity contribution in [3.63, 3.8) is 0 Å². The summed E-state index contributed by atoms with van der Waals surface area (Å²) >= 11 is 0. The van der Waals surface area contributed by atoms with Crippen molar-refractivity contribution in [3.8, 4) is 0 Å². The topological polar surface area (TPSA) is 46.2 Å². The zero-order chi connectivity index (χ0) is 19.5. The standard InChI is InChI=1S/C25H21NO2/c1-17-9-10-20-16-21(12-11-19(20)15-17)24(27)13-14-25(28)26-23-8-4-6-18-5-2-3-7-22(18)23/h2-12,15-16H,13-14H2,1H3,(H,26,28). The SMILES string of the molecule is Cc1ccc2cc(C(=O)CCC(=O)Nc3cccc4ccccc34)ccc2c1. The summed E-state index contributed by atoms with van der Waals surface area (Å²) in [4.78, 5) is 24.9. The van der Waals surface area contributed by atoms with E-state index in [-0.39, 0.29) is 24.5 Å². The smallest absolute Gasteiger partial charge is 0.224 e. The van der Waals surface area contributed by atoms with Crippen LogP contribution in [0.15, 0.2) is 78.9 Å². The van der Waals surface area contributed by atoms with E-state index in [9.17, 15) is 9.59 Å². The van der Waals surface area contributed by atoms with Crippen LogP contribution >= 0.6 is 0 Å². The molecule has 28 heavy (non-hydrogen) atoms. The van der Waals surface area contributed by atoms with Gasteiger partial charge in [0.25, 0.3) is 0 Å². The molecule has 4 rings (SSSR count). The number of anilines is 1. The van der Waals surface area contributed by atoms with Gasteiger partial charge in [0.15, 0.2) is 5.78 Å². The molecule has 0 saturated heterocycles. The normalized spacial score (nSPS) is 10.9. The van der Waals surface area contributed by atoms with Crippen molar-refractivity contribution < 1.29 is 9.59 Å². The Kier molecular flexibility index (Phi) is 4.90. The van der Waals surface area contributed by atoms with Crippen LogP contribution in [0.4, 0.5) is 5.69 Å². The van der Waals surface area contributed by atoms with Crippen LogP contribution in [0.3, 0.4) is 0 Å². The van der Waals surface area contributed by atoms with E-state index < -0.39 is 0 Å². The molecule has 3 heteroatoms. The minimum absolute atomic E-state index is 0.0180. The van der Waals surface area contributed by atoms with E-state index in [2.05, 4.69) is 11.4 Å². The van der Waals surface area contributed by atoms with E-state index in [0.717, 1.165) is 27.2 Å². The average molecular weight is 367 g/mol. The Morgan fingerprint density at radius 1 is 0.750 bits per heavy atom. The van der Waals surface area contributed by atoms with Crippen molar-refractivity contribution in [2.45, 2.75) is 19.8 Å². The molecule has 3 nitrogen and oxygen atoms in total. The lowest BCUT2D eigenvalue weighted by Gasteiger charge is -2.09. The molecule has 4 aromatic carbocycles. The largest absolute Gasteiger partial charge is 0.326 e. The number of carbonyl (C=O) groups is 2. The molecule has 0 radical (unpaired) electrons. The monoisotopic (exact) mass is 367 g/mol. The second-order valence-corrected chi connectivity index (χ2v) is 7.06. The molecule has 1 N–H and O–H groups in total. The highest BCUT2D eigenvalue weighted by Crippen LogP contribution is 2.23. The van der Waals surface area contributed by atoms with Gasteiger partial charge < -0.3 is 5.32 Å². The van der Waals surface area contributed by atoms with Crippen LogP contribution in [0, 0.1) is 6.92 Å². The number of hydrogen-bond donors (Lipinski definition) is 1. The number of fused-ring (bicyclic) bond motifs is 2. The molecular formula is C25H21NO2. The average Bonchev–Trinajstić information content (AvgIpc) is 2.72. The van der Waals surface area contributed by atoms with Crippen LogP contribution in [0.2, 0.25) is 0 Å². The van der Waals surface area contributed by atoms with Crippen molar-refractivity contribution in [3.05, 3.63) is 90.0 Å². The fourth-order valence-corrected chi connectivity index (χ4v) is 3.46. The summed E-state index contributed by atoms with van der Waals surface area (Å²) in [6.07, 6.45) is 0.349. The van der Waals surface area contributed by atoms with Gasteiger partial charge in [-0.1, -0.05) is 72.3 Å². The summed E-state index contributed by atoms with van der Waals surface area (Å²) in [5, 5.41) is 7.16. The lowest BCUT2D eigenvalue weighted by Crippen LogP contribution is -2.13. The number of hydrogen-bond acceptors (Lipinski definition) is 2. The van der Waals surface area contributed by atoms with Gasteiger partial charge in [-0.2, -0.15) is 0 Å². The summed E-state index contributed by atoms with van der Waals surface area (Å²) in [5.74, 6) is -0.170. The van der Waals surface area contributed by atoms with Crippen molar-refractivity contribution in [2.24, 2.45) is 0 Å². The highest BCUT2D eigenvalue weighted by atomic mass is 16.2. The zero-order valence-corrected chi connectivity index (χ0v) is 15.7. The molecule has 0 atom stereocenters. The first-order chi connectivity index (χ1) is 13.6. The van der Waals surface area contributed by atoms with E-state index in [4.69, 9.17) is 0 Å². The molecule has 0 saturated carbocycles. The molecule has 0 fully saturated rings. The predicted octanol–water partition coefficient (Wildman–Crippen LogP) is 5.90. The number of Topliss-reactive ketones (excluding diaryl/α,β-unsaturated/α-hetero) is 1. The molecule has 1 amide bonds. The van der Waals surface area contributed by atoms with E-state index in [1.807, 2.05) is 79.7 Å². The lowest BCUT2D eigenvalue weighted by molar-refractivity contribution is -0.116. The number of benzene rings is 4. The number of amides is 1. The summed E-state index contributed by atoms with van der Waals surface area (Å²) < 4.78 is 0. The molecule has 0 aliphatic carbocycles. The highest BCUT2D eigenvalue weighted by Gasteiger charge is 2.11. The number of ketones is 1. The fraction of sp³-hybridized carbons (Fsp3) is 0.120. The van der Waals surface area contributed by atoms with Crippen LogP contribution in [0.5, 0.6) is 0 Å². The molecule has 0 heterocycles. The minimum atomic E-state index is -0.152. The van der Waals surface area contributed by atoms with Crippen molar-refractivity contribution in [1.29, 1.82) is 0 Å². The molecule has 0 aromatic heterocycles. The Morgan fingerprint density at radius 3 is 2.39 bits per heavy atom. The van der Waals surface area contributed by atoms with Gasteiger partial charge in [0.2, 0.25) is 5.91 Å². The van der Waals surface area contributed by atoms with Gasteiger partial charge in [0.05, 0.1) is 0 Å². The molecule has 0 aliphatic rings. The molecule has 0 spiro atoms. The maximum atomic E-state index is 12.5. The van der Waals surface area contributed by atoms with Crippen LogP contribution < -0.4 is 5.32 Å². The van der Waals surface area contributed by atoms with E-state index >= 15 is 0 Å². The Labute approximate surface area is 164 Å². The molecule has 0 unspecified atom stereocenters. The molecular weight excluding hydrogens is 346 g/mol. The number of rotatable bonds is 5. The summed E-state index contributed by atoms with van der Waals surface area (Å²) in [5.41, 5.74) is 2.61. The summed E-state index contributed by atoms with van der Waals surface area (Å²) in [6, 6.07) is 25.6. The maximum absolute atomic E-state index is 12.5. The second-order valence-electron chi connectivity index (χ2n) is 7.06. The molecule has 0 aliphatic heterocycles. The number of carbonyl (C=O) groups excluding carboxylic acids is 2. The lowest BCUT2D eigenvalue weighted by atomic mass is 10.0. The van der Waals surface area contributed by atoms with E-state index in [0.29, 0.717) is 5.56 Å². The van der Waals surface area contributed by atoms with E-state index in [1.54, 1.807) is 0 Å². The summed E-state index contributed by atoms with van der Waals surface area (Å²) in [7, 11) is 0. The Hall–Kier alpha value is -3.46. The second kappa shape index (κ2) is 7.65. The van der Waals surface area contributed by atoms with Crippen molar-refractivity contribution >= 4 is 38.9 Å². The van der Waals surface area contributed by atoms with Crippen LogP contribution in [-0.2, 0) is 4.79 Å². The van der Waals surface area contributed by atoms with E-state index in [1.165, 1.54) is 5.56 Å². The number of nitrogens with one attached hydrogen (secondary N) is 1. The van der Waals surface area contributed by atoms with Crippen LogP contribution in [-0.4, -0.2) is 11.7 Å². The van der Waals surface area contributed by atoms with Crippen LogP contribution in [0.1, 0.15) is 28.8 Å². The zero-order valence-electron chi connectivity index (χ0n) is 15.7. The van der Waals surface area contributed by atoms with Gasteiger partial charge in [-0.15, -0.1) is 0 Å². The third-order valence-corrected chi connectivity index (χ3v) is 4.96. The quantitative estimate of drug-likeness (QED) is 0.446. The number of aryl methyl sites for hydroxylation is 1. The Morgan fingerprint density at radius 2 is 1.50 bits per heavy atom. The maximum Gasteiger partial charge on any atom is 0.224 e. The van der Waals surface area contributed by atoms with Crippen LogP contribution in [0.25, 0.3) is 21.5 Å². The van der Waals surface area contributed by atoms with Gasteiger partial charge in [-0.3, -0.25) is 9.59 Å². The first-order valence-corrected chi connectivity index (χ1v) is 9.41. The Bertz CT molecular complexity index is 1190. The van der Waals surface area contributed by atoms with Gasteiger partial charge in [0.1, 0.15) is 0 Å². The van der Waals surface area contributed by atoms with Crippen molar-refractivity contribution in [1.82, 2.24) is 0 Å². The third kappa shape index (κ3) is 3.79. The van der Waals surface area contributed by atoms with Gasteiger partial charge in [-0.05, 0) is 35.2 Å². The van der Waals surface area contributed by atoms with Gasteiger partial charge >= 0.3 is 0 Å². The molecule has 0 bridgehead atoms. The van der Waals surface area contributed by atoms with Gasteiger partial charge in [0, 0.05) is 29.5 Å². The van der Waals surface area contributed by atoms with Gasteiger partial charge in [-0.25, -0.2) is 0 Å². The van der Waals surface area contributed by atoms with Crippen molar-refractivity contribution in [2.75, 3.05) is 5.32 Å².